The lowest BCUT2D eigenvalue weighted by molar-refractivity contribution is -0.383. The SMILES string of the molecule is CCCn1nc2cccc([N+](=O)[O-])c2n1. The van der Waals surface area contributed by atoms with Crippen molar-refractivity contribution in [1.29, 1.82) is 0 Å². The quantitative estimate of drug-likeness (QED) is 0.566. The van der Waals surface area contributed by atoms with Gasteiger partial charge in [-0.25, -0.2) is 0 Å². The average molecular weight is 206 g/mol. The van der Waals surface area contributed by atoms with Crippen molar-refractivity contribution in [3.8, 4) is 0 Å². The number of aromatic nitrogens is 3. The number of nitro groups is 1. The molecule has 0 aliphatic rings. The molecule has 1 aromatic heterocycles. The molecule has 15 heavy (non-hydrogen) atoms. The minimum absolute atomic E-state index is 0.00912. The van der Waals surface area contributed by atoms with Crippen LogP contribution in [0.1, 0.15) is 13.3 Å². The molecule has 0 N–H and O–H groups in total. The smallest absolute Gasteiger partial charge is 0.258 e. The largest absolute Gasteiger partial charge is 0.299 e. The Morgan fingerprint density at radius 1 is 1.47 bits per heavy atom. The van der Waals surface area contributed by atoms with Gasteiger partial charge in [0.05, 0.1) is 11.5 Å². The van der Waals surface area contributed by atoms with E-state index in [-0.39, 0.29) is 5.69 Å². The summed E-state index contributed by atoms with van der Waals surface area (Å²) in [5.41, 5.74) is 0.934. The van der Waals surface area contributed by atoms with Crippen LogP contribution in [-0.4, -0.2) is 19.9 Å². The van der Waals surface area contributed by atoms with Crippen molar-refractivity contribution in [3.63, 3.8) is 0 Å². The first-order valence-corrected chi connectivity index (χ1v) is 4.70. The topological polar surface area (TPSA) is 73.8 Å². The Morgan fingerprint density at radius 3 is 2.93 bits per heavy atom. The monoisotopic (exact) mass is 206 g/mol. The summed E-state index contributed by atoms with van der Waals surface area (Å²) in [4.78, 5) is 11.8. The van der Waals surface area contributed by atoms with Gasteiger partial charge in [-0.3, -0.25) is 10.1 Å². The maximum absolute atomic E-state index is 10.7. The van der Waals surface area contributed by atoms with E-state index in [2.05, 4.69) is 10.2 Å². The molecule has 6 heteroatoms. The van der Waals surface area contributed by atoms with Gasteiger partial charge >= 0.3 is 0 Å². The van der Waals surface area contributed by atoms with Crippen LogP contribution in [0.15, 0.2) is 18.2 Å². The van der Waals surface area contributed by atoms with E-state index in [1.807, 2.05) is 6.92 Å². The molecule has 78 valence electrons. The van der Waals surface area contributed by atoms with Crippen LogP contribution < -0.4 is 0 Å². The summed E-state index contributed by atoms with van der Waals surface area (Å²) in [6.07, 6.45) is 0.898. The maximum Gasteiger partial charge on any atom is 0.299 e. The third-order valence-corrected chi connectivity index (χ3v) is 2.05. The van der Waals surface area contributed by atoms with Gasteiger partial charge < -0.3 is 0 Å². The Labute approximate surface area is 85.7 Å². The Kier molecular flexibility index (Phi) is 2.32. The van der Waals surface area contributed by atoms with Crippen molar-refractivity contribution in [2.75, 3.05) is 0 Å². The normalized spacial score (nSPS) is 10.7. The molecular weight excluding hydrogens is 196 g/mol. The molecule has 0 radical (unpaired) electrons. The van der Waals surface area contributed by atoms with Crippen LogP contribution in [0.2, 0.25) is 0 Å². The van der Waals surface area contributed by atoms with Crippen molar-refractivity contribution >= 4 is 16.7 Å². The Bertz CT molecular complexity index is 506. The van der Waals surface area contributed by atoms with Crippen LogP contribution in [0.3, 0.4) is 0 Å². The average Bonchev–Trinajstić information content (AvgIpc) is 2.59. The number of non-ortho nitro benzene ring substituents is 1. The van der Waals surface area contributed by atoms with Crippen LogP contribution in [0.25, 0.3) is 11.0 Å². The number of rotatable bonds is 3. The third-order valence-electron chi connectivity index (χ3n) is 2.05. The molecule has 0 aliphatic heterocycles. The van der Waals surface area contributed by atoms with Crippen molar-refractivity contribution < 1.29 is 4.92 Å². The lowest BCUT2D eigenvalue weighted by Gasteiger charge is -1.91. The zero-order chi connectivity index (χ0) is 10.8. The summed E-state index contributed by atoms with van der Waals surface area (Å²) in [5.74, 6) is 0. The fourth-order valence-corrected chi connectivity index (χ4v) is 1.41. The van der Waals surface area contributed by atoms with Gasteiger partial charge in [-0.15, -0.1) is 5.10 Å². The summed E-state index contributed by atoms with van der Waals surface area (Å²) >= 11 is 0. The lowest BCUT2D eigenvalue weighted by atomic mass is 10.3. The maximum atomic E-state index is 10.7. The van der Waals surface area contributed by atoms with E-state index in [9.17, 15) is 10.1 Å². The first kappa shape index (κ1) is 9.57. The van der Waals surface area contributed by atoms with E-state index >= 15 is 0 Å². The van der Waals surface area contributed by atoms with E-state index in [0.717, 1.165) is 6.42 Å². The Balaban J connectivity index is 2.59. The fourth-order valence-electron chi connectivity index (χ4n) is 1.41. The summed E-state index contributed by atoms with van der Waals surface area (Å²) < 4.78 is 0. The van der Waals surface area contributed by atoms with E-state index < -0.39 is 4.92 Å². The fraction of sp³-hybridized carbons (Fsp3) is 0.333. The van der Waals surface area contributed by atoms with Crippen molar-refractivity contribution in [3.05, 3.63) is 28.3 Å². The Hall–Kier alpha value is -1.98. The molecule has 1 heterocycles. The molecule has 0 aliphatic carbocycles. The van der Waals surface area contributed by atoms with Gasteiger partial charge in [-0.1, -0.05) is 13.0 Å². The van der Waals surface area contributed by atoms with E-state index in [1.54, 1.807) is 12.1 Å². The molecule has 1 aromatic carbocycles. The summed E-state index contributed by atoms with van der Waals surface area (Å²) in [6.45, 7) is 2.67. The minimum Gasteiger partial charge on any atom is -0.258 e. The standard InChI is InChI=1S/C9H10N4O2/c1-2-6-12-10-7-4-3-5-8(13(14)15)9(7)11-12/h3-5H,2,6H2,1H3. The number of fused-ring (bicyclic) bond motifs is 1. The number of nitro benzene ring substituents is 1. The van der Waals surface area contributed by atoms with E-state index in [1.165, 1.54) is 10.9 Å². The highest BCUT2D eigenvalue weighted by Gasteiger charge is 2.15. The van der Waals surface area contributed by atoms with Gasteiger partial charge in [0.1, 0.15) is 5.52 Å². The molecule has 0 fully saturated rings. The molecule has 0 bridgehead atoms. The van der Waals surface area contributed by atoms with Gasteiger partial charge in [0, 0.05) is 6.07 Å². The number of hydrogen-bond donors (Lipinski definition) is 0. The predicted octanol–water partition coefficient (Wildman–Crippen LogP) is 1.75. The predicted molar refractivity (Wildman–Crippen MR) is 54.5 cm³/mol. The number of benzene rings is 1. The molecule has 0 saturated carbocycles. The second kappa shape index (κ2) is 3.64. The first-order valence-electron chi connectivity index (χ1n) is 4.70. The lowest BCUT2D eigenvalue weighted by Crippen LogP contribution is -2.00. The van der Waals surface area contributed by atoms with Gasteiger partial charge in [0.15, 0.2) is 5.52 Å². The van der Waals surface area contributed by atoms with Crippen LogP contribution in [0, 0.1) is 10.1 Å². The summed E-state index contributed by atoms with van der Waals surface area (Å²) in [7, 11) is 0. The molecule has 6 nitrogen and oxygen atoms in total. The van der Waals surface area contributed by atoms with Crippen LogP contribution in [0.5, 0.6) is 0 Å². The van der Waals surface area contributed by atoms with Crippen molar-refractivity contribution in [1.82, 2.24) is 15.0 Å². The summed E-state index contributed by atoms with van der Waals surface area (Å²) in [6, 6.07) is 4.78. The molecule has 2 aromatic rings. The van der Waals surface area contributed by atoms with Crippen molar-refractivity contribution in [2.24, 2.45) is 0 Å². The van der Waals surface area contributed by atoms with Crippen LogP contribution in [0.4, 0.5) is 5.69 Å². The Morgan fingerprint density at radius 2 is 2.27 bits per heavy atom. The highest BCUT2D eigenvalue weighted by atomic mass is 16.6. The van der Waals surface area contributed by atoms with Gasteiger partial charge in [0.2, 0.25) is 0 Å². The van der Waals surface area contributed by atoms with Crippen LogP contribution in [-0.2, 0) is 6.54 Å². The molecule has 2 rings (SSSR count). The highest BCUT2D eigenvalue weighted by molar-refractivity contribution is 5.83. The molecule has 0 atom stereocenters. The van der Waals surface area contributed by atoms with Gasteiger partial charge in [-0.05, 0) is 12.5 Å². The zero-order valence-electron chi connectivity index (χ0n) is 8.25. The second-order valence-corrected chi connectivity index (χ2v) is 3.20. The second-order valence-electron chi connectivity index (χ2n) is 3.20. The third kappa shape index (κ3) is 1.65. The van der Waals surface area contributed by atoms with E-state index in [0.29, 0.717) is 17.6 Å². The minimum atomic E-state index is -0.437. The van der Waals surface area contributed by atoms with Gasteiger partial charge in [0.25, 0.3) is 5.69 Å². The number of aryl methyl sites for hydroxylation is 1. The van der Waals surface area contributed by atoms with Crippen LogP contribution >= 0.6 is 0 Å². The molecular formula is C9H10N4O2. The van der Waals surface area contributed by atoms with Gasteiger partial charge in [-0.2, -0.15) is 9.90 Å². The molecule has 0 amide bonds. The number of hydrogen-bond acceptors (Lipinski definition) is 4. The molecule has 0 unspecified atom stereocenters. The first-order chi connectivity index (χ1) is 7.22. The molecule has 0 spiro atoms. The summed E-state index contributed by atoms with van der Waals surface area (Å²) in [5, 5.41) is 18.9. The zero-order valence-corrected chi connectivity index (χ0v) is 8.25. The number of nitrogens with zero attached hydrogens (tertiary/aromatic N) is 4. The van der Waals surface area contributed by atoms with Crippen molar-refractivity contribution in [2.45, 2.75) is 19.9 Å². The van der Waals surface area contributed by atoms with E-state index in [4.69, 9.17) is 0 Å². The highest BCUT2D eigenvalue weighted by Crippen LogP contribution is 2.21. The molecule has 0 saturated heterocycles.